The molecular formula is C16H20N2O3. The van der Waals surface area contributed by atoms with Crippen LogP contribution < -0.4 is 14.8 Å². The minimum absolute atomic E-state index is 0.458. The van der Waals surface area contributed by atoms with E-state index < -0.39 is 0 Å². The predicted octanol–water partition coefficient (Wildman–Crippen LogP) is 2.85. The van der Waals surface area contributed by atoms with E-state index in [-0.39, 0.29) is 0 Å². The Labute approximate surface area is 124 Å². The Hall–Kier alpha value is -2.27. The molecule has 21 heavy (non-hydrogen) atoms. The van der Waals surface area contributed by atoms with Gasteiger partial charge in [-0.2, -0.15) is 0 Å². The number of ether oxygens (including phenoxy) is 2. The van der Waals surface area contributed by atoms with Gasteiger partial charge in [0.15, 0.2) is 11.5 Å². The van der Waals surface area contributed by atoms with Crippen LogP contribution in [0.25, 0.3) is 0 Å². The van der Waals surface area contributed by atoms with E-state index in [9.17, 15) is 0 Å². The highest BCUT2D eigenvalue weighted by Gasteiger charge is 2.06. The number of rotatable bonds is 8. The lowest BCUT2D eigenvalue weighted by atomic mass is 10.2. The van der Waals surface area contributed by atoms with Gasteiger partial charge in [0, 0.05) is 19.2 Å². The highest BCUT2D eigenvalue weighted by Crippen LogP contribution is 2.28. The third-order valence-corrected chi connectivity index (χ3v) is 2.90. The maximum absolute atomic E-state index is 5.52. The summed E-state index contributed by atoms with van der Waals surface area (Å²) >= 11 is 0. The van der Waals surface area contributed by atoms with E-state index in [4.69, 9.17) is 14.0 Å². The zero-order valence-electron chi connectivity index (χ0n) is 12.4. The van der Waals surface area contributed by atoms with E-state index in [1.165, 1.54) is 0 Å². The fourth-order valence-electron chi connectivity index (χ4n) is 1.93. The number of methoxy groups -OCH3 is 1. The molecule has 0 saturated carbocycles. The quantitative estimate of drug-likeness (QED) is 0.757. The topological polar surface area (TPSA) is 56.5 Å². The largest absolute Gasteiger partial charge is 0.493 e. The van der Waals surface area contributed by atoms with Crippen LogP contribution in [0.15, 0.2) is 41.4 Å². The van der Waals surface area contributed by atoms with Crippen LogP contribution >= 0.6 is 0 Å². The van der Waals surface area contributed by atoms with Gasteiger partial charge in [0.1, 0.15) is 12.4 Å². The highest BCUT2D eigenvalue weighted by atomic mass is 16.5. The first kappa shape index (κ1) is 15.1. The number of hydrogen-bond donors (Lipinski definition) is 1. The summed E-state index contributed by atoms with van der Waals surface area (Å²) in [7, 11) is 1.63. The lowest BCUT2D eigenvalue weighted by Gasteiger charge is -2.11. The lowest BCUT2D eigenvalue weighted by molar-refractivity contribution is 0.326. The number of nitrogens with one attached hydrogen (secondary N) is 1. The Morgan fingerprint density at radius 1 is 1.29 bits per heavy atom. The van der Waals surface area contributed by atoms with Crippen molar-refractivity contribution in [2.75, 3.05) is 13.7 Å². The summed E-state index contributed by atoms with van der Waals surface area (Å²) in [5.74, 6) is 2.25. The summed E-state index contributed by atoms with van der Waals surface area (Å²) in [5.41, 5.74) is 2.00. The maximum atomic E-state index is 5.52. The standard InChI is InChI=1S/C16H20N2O3/c1-4-7-20-15-6-5-13(9-16(15)19-3)10-17-11-14-8-12(2)21-18-14/h4-6,8-9,17H,1,7,10-11H2,2-3H3. The van der Waals surface area contributed by atoms with Gasteiger partial charge in [0.25, 0.3) is 0 Å². The number of aryl methyl sites for hydroxylation is 1. The molecule has 5 nitrogen and oxygen atoms in total. The number of benzene rings is 1. The second-order valence-corrected chi connectivity index (χ2v) is 4.62. The number of hydrogen-bond acceptors (Lipinski definition) is 5. The maximum Gasteiger partial charge on any atom is 0.161 e. The van der Waals surface area contributed by atoms with Crippen molar-refractivity contribution in [1.82, 2.24) is 10.5 Å². The van der Waals surface area contributed by atoms with Gasteiger partial charge < -0.3 is 19.3 Å². The monoisotopic (exact) mass is 288 g/mol. The summed E-state index contributed by atoms with van der Waals surface area (Å²) < 4.78 is 15.9. The van der Waals surface area contributed by atoms with E-state index in [0.29, 0.717) is 31.2 Å². The first-order valence-corrected chi connectivity index (χ1v) is 6.76. The van der Waals surface area contributed by atoms with E-state index >= 15 is 0 Å². The summed E-state index contributed by atoms with van der Waals surface area (Å²) in [6.45, 7) is 7.34. The second-order valence-electron chi connectivity index (χ2n) is 4.62. The second kappa shape index (κ2) is 7.50. The number of nitrogens with zero attached hydrogens (tertiary/aromatic N) is 1. The Bertz CT molecular complexity index is 593. The van der Waals surface area contributed by atoms with Gasteiger partial charge in [-0.05, 0) is 24.6 Å². The van der Waals surface area contributed by atoms with Crippen LogP contribution in [0.4, 0.5) is 0 Å². The van der Waals surface area contributed by atoms with Gasteiger partial charge in [-0.15, -0.1) is 0 Å². The van der Waals surface area contributed by atoms with Gasteiger partial charge >= 0.3 is 0 Å². The molecule has 1 N–H and O–H groups in total. The van der Waals surface area contributed by atoms with Crippen molar-refractivity contribution in [1.29, 1.82) is 0 Å². The molecule has 112 valence electrons. The molecule has 0 saturated heterocycles. The van der Waals surface area contributed by atoms with Crippen LogP contribution in [-0.4, -0.2) is 18.9 Å². The van der Waals surface area contributed by atoms with Crippen LogP contribution in [0.1, 0.15) is 17.0 Å². The van der Waals surface area contributed by atoms with Crippen molar-refractivity contribution in [3.8, 4) is 11.5 Å². The van der Waals surface area contributed by atoms with Crippen molar-refractivity contribution in [2.24, 2.45) is 0 Å². The first-order valence-electron chi connectivity index (χ1n) is 6.76. The van der Waals surface area contributed by atoms with Gasteiger partial charge in [-0.3, -0.25) is 0 Å². The average molecular weight is 288 g/mol. The van der Waals surface area contributed by atoms with Crippen molar-refractivity contribution in [3.05, 3.63) is 53.9 Å². The van der Waals surface area contributed by atoms with Crippen LogP contribution in [-0.2, 0) is 13.1 Å². The molecule has 5 heteroatoms. The molecule has 0 aliphatic carbocycles. The van der Waals surface area contributed by atoms with E-state index in [1.807, 2.05) is 31.2 Å². The molecule has 2 aromatic rings. The van der Waals surface area contributed by atoms with Crippen LogP contribution in [0, 0.1) is 6.92 Å². The smallest absolute Gasteiger partial charge is 0.161 e. The van der Waals surface area contributed by atoms with Crippen molar-refractivity contribution < 1.29 is 14.0 Å². The van der Waals surface area contributed by atoms with Gasteiger partial charge in [-0.25, -0.2) is 0 Å². The lowest BCUT2D eigenvalue weighted by Crippen LogP contribution is -2.13. The van der Waals surface area contributed by atoms with Crippen LogP contribution in [0.5, 0.6) is 11.5 Å². The molecule has 0 unspecified atom stereocenters. The Balaban J connectivity index is 1.92. The average Bonchev–Trinajstić information content (AvgIpc) is 2.91. The molecule has 0 aliphatic heterocycles. The Morgan fingerprint density at radius 2 is 2.14 bits per heavy atom. The molecule has 1 aromatic carbocycles. The molecule has 1 aromatic heterocycles. The molecule has 0 amide bonds. The summed E-state index contributed by atoms with van der Waals surface area (Å²) in [6.07, 6.45) is 1.70. The van der Waals surface area contributed by atoms with Gasteiger partial charge in [0.05, 0.1) is 12.8 Å². The van der Waals surface area contributed by atoms with E-state index in [2.05, 4.69) is 17.1 Å². The van der Waals surface area contributed by atoms with E-state index in [1.54, 1.807) is 13.2 Å². The fraction of sp³-hybridized carbons (Fsp3) is 0.312. The molecule has 0 bridgehead atoms. The third-order valence-electron chi connectivity index (χ3n) is 2.90. The molecule has 0 atom stereocenters. The zero-order chi connectivity index (χ0) is 15.1. The Morgan fingerprint density at radius 3 is 2.81 bits per heavy atom. The third kappa shape index (κ3) is 4.36. The van der Waals surface area contributed by atoms with Crippen molar-refractivity contribution >= 4 is 0 Å². The number of aromatic nitrogens is 1. The molecule has 2 rings (SSSR count). The molecule has 0 fully saturated rings. The first-order chi connectivity index (χ1) is 10.2. The van der Waals surface area contributed by atoms with E-state index in [0.717, 1.165) is 17.0 Å². The highest BCUT2D eigenvalue weighted by molar-refractivity contribution is 5.43. The SMILES string of the molecule is C=CCOc1ccc(CNCc2cc(C)on2)cc1OC. The summed E-state index contributed by atoms with van der Waals surface area (Å²) in [4.78, 5) is 0. The molecular weight excluding hydrogens is 268 g/mol. The fourth-order valence-corrected chi connectivity index (χ4v) is 1.93. The molecule has 1 heterocycles. The van der Waals surface area contributed by atoms with Crippen molar-refractivity contribution in [2.45, 2.75) is 20.0 Å². The van der Waals surface area contributed by atoms with Crippen LogP contribution in [0.2, 0.25) is 0 Å². The molecule has 0 spiro atoms. The normalized spacial score (nSPS) is 10.4. The minimum atomic E-state index is 0.458. The van der Waals surface area contributed by atoms with Crippen molar-refractivity contribution in [3.63, 3.8) is 0 Å². The Kier molecular flexibility index (Phi) is 5.40. The minimum Gasteiger partial charge on any atom is -0.493 e. The molecule has 0 aliphatic rings. The van der Waals surface area contributed by atoms with Gasteiger partial charge in [-0.1, -0.05) is 23.9 Å². The predicted molar refractivity (Wildman–Crippen MR) is 80.5 cm³/mol. The van der Waals surface area contributed by atoms with Gasteiger partial charge in [0.2, 0.25) is 0 Å². The zero-order valence-corrected chi connectivity index (χ0v) is 12.4. The summed E-state index contributed by atoms with van der Waals surface area (Å²) in [6, 6.07) is 7.78. The van der Waals surface area contributed by atoms with Crippen LogP contribution in [0.3, 0.4) is 0 Å². The molecule has 0 radical (unpaired) electrons. The summed E-state index contributed by atoms with van der Waals surface area (Å²) in [5, 5.41) is 7.25.